The van der Waals surface area contributed by atoms with Gasteiger partial charge in [0.05, 0.1) is 5.69 Å². The molecule has 0 spiro atoms. The van der Waals surface area contributed by atoms with Crippen molar-refractivity contribution in [1.82, 2.24) is 4.98 Å². The Morgan fingerprint density at radius 3 is 2.63 bits per heavy atom. The number of pyridine rings is 1. The minimum Gasteiger partial charge on any atom is -0.367 e. The van der Waals surface area contributed by atoms with Crippen LogP contribution in [0.3, 0.4) is 0 Å². The summed E-state index contributed by atoms with van der Waals surface area (Å²) in [7, 11) is 2.14. The minimum absolute atomic E-state index is 0.469. The maximum Gasteiger partial charge on any atom is 0.156 e. The SMILES string of the molecule is Cc1ccccc1N1C[C@H](C)N(C)c2cccnc21. The first kappa shape index (κ1) is 12.0. The highest BCUT2D eigenvalue weighted by atomic mass is 15.3. The van der Waals surface area contributed by atoms with Gasteiger partial charge in [-0.1, -0.05) is 18.2 Å². The molecule has 19 heavy (non-hydrogen) atoms. The van der Waals surface area contributed by atoms with Gasteiger partial charge >= 0.3 is 0 Å². The number of likely N-dealkylation sites (N-methyl/N-ethyl adjacent to an activating group) is 1. The number of aromatic nitrogens is 1. The molecular weight excluding hydrogens is 234 g/mol. The first-order chi connectivity index (χ1) is 9.18. The fourth-order valence-electron chi connectivity index (χ4n) is 2.66. The second kappa shape index (κ2) is 4.57. The van der Waals surface area contributed by atoms with E-state index in [1.54, 1.807) is 0 Å². The van der Waals surface area contributed by atoms with Crippen LogP contribution in [0.1, 0.15) is 12.5 Å². The lowest BCUT2D eigenvalue weighted by molar-refractivity contribution is 0.654. The Balaban J connectivity index is 2.13. The molecule has 0 N–H and O–H groups in total. The largest absolute Gasteiger partial charge is 0.367 e. The molecule has 3 heteroatoms. The quantitative estimate of drug-likeness (QED) is 0.776. The zero-order valence-electron chi connectivity index (χ0n) is 11.7. The molecule has 1 aromatic carbocycles. The van der Waals surface area contributed by atoms with Crippen LogP contribution in [0, 0.1) is 6.92 Å². The molecular formula is C16H19N3. The van der Waals surface area contributed by atoms with Crippen molar-refractivity contribution < 1.29 is 0 Å². The molecule has 0 fully saturated rings. The number of aryl methyl sites for hydroxylation is 1. The highest BCUT2D eigenvalue weighted by molar-refractivity contribution is 5.77. The summed E-state index contributed by atoms with van der Waals surface area (Å²) in [5.74, 6) is 1.05. The molecule has 0 bridgehead atoms. The van der Waals surface area contributed by atoms with Gasteiger partial charge < -0.3 is 9.80 Å². The summed E-state index contributed by atoms with van der Waals surface area (Å²) in [6.07, 6.45) is 1.87. The van der Waals surface area contributed by atoms with Crippen LogP contribution in [-0.2, 0) is 0 Å². The number of hydrogen-bond donors (Lipinski definition) is 0. The lowest BCUT2D eigenvalue weighted by Crippen LogP contribution is -2.44. The van der Waals surface area contributed by atoms with Crippen molar-refractivity contribution >= 4 is 17.2 Å². The molecule has 0 unspecified atom stereocenters. The standard InChI is InChI=1S/C16H19N3/c1-12-7-4-5-8-14(12)19-11-13(2)18(3)15-9-6-10-17-16(15)19/h4-10,13H,11H2,1-3H3/t13-/m0/s1. The van der Waals surface area contributed by atoms with Gasteiger partial charge in [-0.05, 0) is 37.6 Å². The van der Waals surface area contributed by atoms with Crippen LogP contribution in [-0.4, -0.2) is 24.6 Å². The van der Waals surface area contributed by atoms with Gasteiger partial charge in [0.25, 0.3) is 0 Å². The van der Waals surface area contributed by atoms with Crippen LogP contribution in [0.25, 0.3) is 0 Å². The van der Waals surface area contributed by atoms with E-state index in [4.69, 9.17) is 0 Å². The van der Waals surface area contributed by atoms with Gasteiger partial charge in [0, 0.05) is 31.5 Å². The van der Waals surface area contributed by atoms with Crippen LogP contribution < -0.4 is 9.80 Å². The van der Waals surface area contributed by atoms with E-state index < -0.39 is 0 Å². The number of para-hydroxylation sites is 1. The summed E-state index contributed by atoms with van der Waals surface area (Å²) in [5.41, 5.74) is 3.74. The highest BCUT2D eigenvalue weighted by Crippen LogP contribution is 2.37. The van der Waals surface area contributed by atoms with Gasteiger partial charge in [-0.15, -0.1) is 0 Å². The van der Waals surface area contributed by atoms with E-state index in [1.807, 2.05) is 12.3 Å². The molecule has 0 radical (unpaired) electrons. The Hall–Kier alpha value is -2.03. The molecule has 0 saturated carbocycles. The molecule has 98 valence electrons. The number of benzene rings is 1. The van der Waals surface area contributed by atoms with E-state index in [0.717, 1.165) is 12.4 Å². The van der Waals surface area contributed by atoms with Crippen molar-refractivity contribution in [2.24, 2.45) is 0 Å². The molecule has 0 saturated heterocycles. The third-order valence-electron chi connectivity index (χ3n) is 3.92. The average molecular weight is 253 g/mol. The summed E-state index contributed by atoms with van der Waals surface area (Å²) in [6.45, 7) is 5.37. The minimum atomic E-state index is 0.469. The van der Waals surface area contributed by atoms with E-state index in [0.29, 0.717) is 6.04 Å². The Labute approximate surface area is 114 Å². The molecule has 0 aliphatic carbocycles. The van der Waals surface area contributed by atoms with Gasteiger partial charge in [0.2, 0.25) is 0 Å². The molecule has 2 aromatic rings. The van der Waals surface area contributed by atoms with E-state index in [2.05, 4.69) is 66.0 Å². The Kier molecular flexibility index (Phi) is 2.90. The number of rotatable bonds is 1. The van der Waals surface area contributed by atoms with E-state index in [9.17, 15) is 0 Å². The van der Waals surface area contributed by atoms with Gasteiger partial charge in [-0.25, -0.2) is 4.98 Å². The van der Waals surface area contributed by atoms with Crippen molar-refractivity contribution in [3.8, 4) is 0 Å². The molecule has 0 amide bonds. The van der Waals surface area contributed by atoms with Crippen molar-refractivity contribution in [1.29, 1.82) is 0 Å². The molecule has 3 rings (SSSR count). The van der Waals surface area contributed by atoms with Gasteiger partial charge in [-0.3, -0.25) is 0 Å². The average Bonchev–Trinajstić information content (AvgIpc) is 2.44. The highest BCUT2D eigenvalue weighted by Gasteiger charge is 2.27. The lowest BCUT2D eigenvalue weighted by Gasteiger charge is -2.40. The fraction of sp³-hybridized carbons (Fsp3) is 0.312. The van der Waals surface area contributed by atoms with Gasteiger partial charge in [0.15, 0.2) is 5.82 Å². The molecule has 1 aliphatic rings. The lowest BCUT2D eigenvalue weighted by atomic mass is 10.1. The number of anilines is 3. The summed E-state index contributed by atoms with van der Waals surface area (Å²) >= 11 is 0. The van der Waals surface area contributed by atoms with Crippen molar-refractivity contribution in [2.45, 2.75) is 19.9 Å². The third kappa shape index (κ3) is 1.95. The molecule has 2 heterocycles. The zero-order valence-corrected chi connectivity index (χ0v) is 11.7. The van der Waals surface area contributed by atoms with E-state index >= 15 is 0 Å². The fourth-order valence-corrected chi connectivity index (χ4v) is 2.66. The third-order valence-corrected chi connectivity index (χ3v) is 3.92. The second-order valence-electron chi connectivity index (χ2n) is 5.20. The van der Waals surface area contributed by atoms with Crippen molar-refractivity contribution in [3.05, 3.63) is 48.2 Å². The normalized spacial score (nSPS) is 18.4. The number of nitrogens with zero attached hydrogens (tertiary/aromatic N) is 3. The Bertz CT molecular complexity index is 594. The van der Waals surface area contributed by atoms with Crippen LogP contribution in [0.5, 0.6) is 0 Å². The maximum absolute atomic E-state index is 4.59. The number of hydrogen-bond acceptors (Lipinski definition) is 3. The topological polar surface area (TPSA) is 19.4 Å². The number of fused-ring (bicyclic) bond motifs is 1. The molecule has 3 nitrogen and oxygen atoms in total. The van der Waals surface area contributed by atoms with Crippen LogP contribution >= 0.6 is 0 Å². The van der Waals surface area contributed by atoms with Crippen LogP contribution in [0.15, 0.2) is 42.6 Å². The first-order valence-electron chi connectivity index (χ1n) is 6.69. The first-order valence-corrected chi connectivity index (χ1v) is 6.69. The Morgan fingerprint density at radius 1 is 1.11 bits per heavy atom. The summed E-state index contributed by atoms with van der Waals surface area (Å²) < 4.78 is 0. The van der Waals surface area contributed by atoms with Crippen molar-refractivity contribution in [3.63, 3.8) is 0 Å². The molecule has 1 aromatic heterocycles. The summed E-state index contributed by atoms with van der Waals surface area (Å²) in [6, 6.07) is 13.1. The van der Waals surface area contributed by atoms with Crippen LogP contribution in [0.2, 0.25) is 0 Å². The molecule has 1 atom stereocenters. The smallest absolute Gasteiger partial charge is 0.156 e. The predicted octanol–water partition coefficient (Wildman–Crippen LogP) is 3.37. The monoisotopic (exact) mass is 253 g/mol. The van der Waals surface area contributed by atoms with Gasteiger partial charge in [0.1, 0.15) is 0 Å². The Morgan fingerprint density at radius 2 is 1.84 bits per heavy atom. The van der Waals surface area contributed by atoms with Crippen molar-refractivity contribution in [2.75, 3.05) is 23.4 Å². The summed E-state index contributed by atoms with van der Waals surface area (Å²) in [5, 5.41) is 0. The maximum atomic E-state index is 4.59. The van der Waals surface area contributed by atoms with E-state index in [1.165, 1.54) is 16.9 Å². The second-order valence-corrected chi connectivity index (χ2v) is 5.20. The van der Waals surface area contributed by atoms with Crippen LogP contribution in [0.4, 0.5) is 17.2 Å². The molecule has 1 aliphatic heterocycles. The zero-order chi connectivity index (χ0) is 13.4. The van der Waals surface area contributed by atoms with E-state index in [-0.39, 0.29) is 0 Å². The predicted molar refractivity (Wildman–Crippen MR) is 80.3 cm³/mol. The summed E-state index contributed by atoms with van der Waals surface area (Å²) in [4.78, 5) is 9.22. The van der Waals surface area contributed by atoms with Gasteiger partial charge in [-0.2, -0.15) is 0 Å².